The van der Waals surface area contributed by atoms with E-state index in [4.69, 9.17) is 14.2 Å². The fraction of sp³-hybridized carbons (Fsp3) is 0.367. The molecule has 1 aromatic rings. The molecule has 1 aromatic carbocycles. The van der Waals surface area contributed by atoms with E-state index in [1.54, 1.807) is 44.2 Å². The number of fused-ring (bicyclic) bond motifs is 1. The first-order valence-corrected chi connectivity index (χ1v) is 14.6. The molecule has 2 saturated heterocycles. The zero-order chi connectivity index (χ0) is 27.5. The molecular formula is C30H35NO6Se. The van der Waals surface area contributed by atoms with Crippen LogP contribution in [-0.4, -0.2) is 64.8 Å². The van der Waals surface area contributed by atoms with Crippen molar-refractivity contribution >= 4 is 37.1 Å². The molecule has 0 saturated carbocycles. The molecule has 2 heterocycles. The van der Waals surface area contributed by atoms with Gasteiger partial charge in [-0.15, -0.1) is 0 Å². The summed E-state index contributed by atoms with van der Waals surface area (Å²) in [6.45, 7) is 6.27. The van der Waals surface area contributed by atoms with Gasteiger partial charge in [-0.05, 0) is 19.9 Å². The van der Waals surface area contributed by atoms with E-state index in [0.717, 1.165) is 10.9 Å². The Hall–Kier alpha value is -3.03. The van der Waals surface area contributed by atoms with E-state index in [9.17, 15) is 14.4 Å². The van der Waals surface area contributed by atoms with Gasteiger partial charge in [0.05, 0.1) is 12.7 Å². The largest absolute Gasteiger partial charge is 0.465 e. The third-order valence-corrected chi connectivity index (χ3v) is 8.37. The van der Waals surface area contributed by atoms with E-state index in [1.165, 1.54) is 11.6 Å². The van der Waals surface area contributed by atoms with Gasteiger partial charge in [-0.25, -0.2) is 4.79 Å². The number of methoxy groups -OCH3 is 1. The first-order valence-electron chi connectivity index (χ1n) is 12.6. The summed E-state index contributed by atoms with van der Waals surface area (Å²) >= 11 is 0.273. The smallest absolute Gasteiger partial charge is 0.337 e. The maximum Gasteiger partial charge on any atom is 0.337 e. The molecule has 2 fully saturated rings. The van der Waals surface area contributed by atoms with Crippen molar-refractivity contribution in [2.24, 2.45) is 5.92 Å². The summed E-state index contributed by atoms with van der Waals surface area (Å²) in [5.74, 6) is -1.94. The summed E-state index contributed by atoms with van der Waals surface area (Å²) in [6, 6.07) is 10.3. The fourth-order valence-corrected chi connectivity index (χ4v) is 5.93. The number of nitrogens with one attached hydrogen (secondary N) is 1. The molecule has 2 aliphatic heterocycles. The molecule has 0 spiro atoms. The van der Waals surface area contributed by atoms with Crippen LogP contribution >= 0.6 is 0 Å². The first kappa shape index (κ1) is 29.5. The molecule has 3 atom stereocenters. The number of ketones is 1. The van der Waals surface area contributed by atoms with Gasteiger partial charge in [0.1, 0.15) is 0 Å². The summed E-state index contributed by atoms with van der Waals surface area (Å²) in [5.41, 5.74) is 0.860. The Balaban J connectivity index is 1.57. The molecular weight excluding hydrogens is 549 g/mol. The van der Waals surface area contributed by atoms with Crippen molar-refractivity contribution in [2.45, 2.75) is 44.3 Å². The zero-order valence-electron chi connectivity index (χ0n) is 22.3. The minimum absolute atomic E-state index is 0.270. The average molecular weight is 585 g/mol. The summed E-state index contributed by atoms with van der Waals surface area (Å²) in [7, 11) is 1.35. The normalized spacial score (nSPS) is 24.2. The monoisotopic (exact) mass is 585 g/mol. The van der Waals surface area contributed by atoms with Gasteiger partial charge in [0.25, 0.3) is 0 Å². The third-order valence-electron chi connectivity index (χ3n) is 6.32. The van der Waals surface area contributed by atoms with Crippen molar-refractivity contribution in [1.82, 2.24) is 5.32 Å². The van der Waals surface area contributed by atoms with Gasteiger partial charge in [0.15, 0.2) is 0 Å². The van der Waals surface area contributed by atoms with Gasteiger partial charge in [0.2, 0.25) is 0 Å². The van der Waals surface area contributed by atoms with Crippen molar-refractivity contribution in [3.63, 3.8) is 0 Å². The first-order chi connectivity index (χ1) is 18.3. The number of hydrogen-bond donors (Lipinski definition) is 1. The molecule has 38 heavy (non-hydrogen) atoms. The number of hydrogen-bond acceptors (Lipinski definition) is 6. The van der Waals surface area contributed by atoms with Crippen molar-refractivity contribution in [1.29, 1.82) is 0 Å². The Kier molecular flexibility index (Phi) is 11.0. The summed E-state index contributed by atoms with van der Waals surface area (Å²) in [5, 5.41) is 3.80. The standard InChI is InChI=1S/C30H35NO6Se/c1-5-23(29(34)35-4)20-21(2)12-8-6-9-13-22(3)26(32)25-27-30(16-17-36-27,31-28(25)33)37-18-19-38-24-14-10-7-11-15-24/h5-15,20,25,27H,16-19H2,1-4H3,(H,31,33)/b9-6+,12-8+,21-20+,22-13+,23-5+/t25-,27+,30-/m0/s1. The molecule has 0 radical (unpaired) electrons. The molecule has 202 valence electrons. The van der Waals surface area contributed by atoms with Crippen molar-refractivity contribution < 1.29 is 28.6 Å². The maximum atomic E-state index is 13.2. The van der Waals surface area contributed by atoms with E-state index in [1.807, 2.05) is 37.3 Å². The van der Waals surface area contributed by atoms with E-state index in [-0.39, 0.29) is 26.6 Å². The molecule has 7 nitrogen and oxygen atoms in total. The van der Waals surface area contributed by atoms with Crippen molar-refractivity contribution in [2.75, 3.05) is 20.3 Å². The molecule has 0 aliphatic carbocycles. The van der Waals surface area contributed by atoms with Gasteiger partial charge < -0.3 is 4.74 Å². The predicted octanol–water partition coefficient (Wildman–Crippen LogP) is 3.38. The number of esters is 1. The van der Waals surface area contributed by atoms with Crippen molar-refractivity contribution in [3.05, 3.63) is 89.6 Å². The number of ether oxygens (including phenoxy) is 3. The molecule has 8 heteroatoms. The van der Waals surface area contributed by atoms with Gasteiger partial charge in [-0.1, -0.05) is 17.7 Å². The van der Waals surface area contributed by atoms with Crippen LogP contribution in [0.5, 0.6) is 0 Å². The topological polar surface area (TPSA) is 90.9 Å². The fourth-order valence-electron chi connectivity index (χ4n) is 4.35. The molecule has 0 aromatic heterocycles. The second-order valence-corrected chi connectivity index (χ2v) is 11.4. The quantitative estimate of drug-likeness (QED) is 0.101. The molecule has 0 unspecified atom stereocenters. The van der Waals surface area contributed by atoms with Gasteiger partial charge in [-0.2, -0.15) is 0 Å². The van der Waals surface area contributed by atoms with Crippen LogP contribution in [0.4, 0.5) is 0 Å². The van der Waals surface area contributed by atoms with E-state index in [2.05, 4.69) is 17.4 Å². The van der Waals surface area contributed by atoms with Crippen LogP contribution in [0.2, 0.25) is 5.32 Å². The summed E-state index contributed by atoms with van der Waals surface area (Å²) in [6.07, 6.45) is 12.2. The second-order valence-electron chi connectivity index (χ2n) is 8.99. The van der Waals surface area contributed by atoms with Gasteiger partial charge in [0, 0.05) is 0 Å². The van der Waals surface area contributed by atoms with Gasteiger partial charge >= 0.3 is 171 Å². The van der Waals surface area contributed by atoms with Crippen LogP contribution in [-0.2, 0) is 28.6 Å². The van der Waals surface area contributed by atoms with Crippen LogP contribution < -0.4 is 9.78 Å². The number of benzene rings is 1. The number of Topliss-reactive ketones (excluding diaryl/α,β-unsaturated/α-hetero) is 1. The Morgan fingerprint density at radius 3 is 2.66 bits per heavy atom. The van der Waals surface area contributed by atoms with Crippen molar-refractivity contribution in [3.8, 4) is 0 Å². The predicted molar refractivity (Wildman–Crippen MR) is 148 cm³/mol. The summed E-state index contributed by atoms with van der Waals surface area (Å²) in [4.78, 5) is 37.7. The van der Waals surface area contributed by atoms with E-state index in [0.29, 0.717) is 30.8 Å². The number of allylic oxidation sites excluding steroid dienone is 8. The Bertz CT molecular complexity index is 1170. The third kappa shape index (κ3) is 7.51. The van der Waals surface area contributed by atoms with Crippen LogP contribution in [0.1, 0.15) is 27.2 Å². The Morgan fingerprint density at radius 1 is 1.18 bits per heavy atom. The van der Waals surface area contributed by atoms with Crippen LogP contribution in [0.25, 0.3) is 0 Å². The second kappa shape index (κ2) is 14.2. The van der Waals surface area contributed by atoms with E-state index < -0.39 is 23.7 Å². The minimum atomic E-state index is -0.942. The molecule has 1 amide bonds. The van der Waals surface area contributed by atoms with E-state index >= 15 is 0 Å². The van der Waals surface area contributed by atoms with Crippen LogP contribution in [0.15, 0.2) is 89.6 Å². The van der Waals surface area contributed by atoms with Crippen LogP contribution in [0, 0.1) is 5.92 Å². The molecule has 2 aliphatic rings. The zero-order valence-corrected chi connectivity index (χ0v) is 24.0. The Labute approximate surface area is 230 Å². The number of amides is 1. The van der Waals surface area contributed by atoms with Crippen LogP contribution in [0.3, 0.4) is 0 Å². The molecule has 0 bridgehead atoms. The minimum Gasteiger partial charge on any atom is -0.465 e. The maximum absolute atomic E-state index is 13.2. The number of carbonyl (C=O) groups is 3. The SMILES string of the molecule is C\C=C(/C=C(C)/C=C/C=C/C=C(\C)C(=O)[C@@H]1C(=O)N[C@]2(OCC[Se]c3ccccc3)CCO[C@H]12)C(=O)OC. The summed E-state index contributed by atoms with van der Waals surface area (Å²) < 4.78 is 18.1. The number of carbonyl (C=O) groups excluding carboxylic acids is 3. The van der Waals surface area contributed by atoms with Gasteiger partial charge in [-0.3, -0.25) is 0 Å². The average Bonchev–Trinajstić information content (AvgIpc) is 3.43. The Morgan fingerprint density at radius 2 is 1.95 bits per heavy atom. The number of rotatable bonds is 12. The molecule has 1 N–H and O–H groups in total. The molecule has 3 rings (SSSR count).